The fraction of sp³-hybridized carbons (Fsp3) is 0.125. The van der Waals surface area contributed by atoms with Gasteiger partial charge in [0.15, 0.2) is 0 Å². The van der Waals surface area contributed by atoms with E-state index in [4.69, 9.17) is 16.7 Å². The lowest BCUT2D eigenvalue weighted by Crippen LogP contribution is -2.16. The first kappa shape index (κ1) is 16.4. The van der Waals surface area contributed by atoms with Gasteiger partial charge in [-0.1, -0.05) is 23.2 Å². The molecule has 22 heavy (non-hydrogen) atoms. The number of carboxylic acids is 1. The Bertz CT molecular complexity index is 701. The van der Waals surface area contributed by atoms with Gasteiger partial charge in [-0.05, 0) is 43.3 Å². The Labute approximate surface area is 137 Å². The number of anilines is 1. The summed E-state index contributed by atoms with van der Waals surface area (Å²) in [4.78, 5) is 24.1. The number of amides is 1. The molecule has 0 heterocycles. The predicted octanol–water partition coefficient (Wildman–Crippen LogP) is 4.08. The number of hydrogen-bond acceptors (Lipinski definition) is 3. The van der Waals surface area contributed by atoms with Crippen LogP contribution in [0.3, 0.4) is 0 Å². The van der Waals surface area contributed by atoms with Crippen LogP contribution in [0.2, 0.25) is 5.02 Å². The molecule has 0 fully saturated rings. The van der Waals surface area contributed by atoms with Gasteiger partial charge in [-0.3, -0.25) is 4.79 Å². The molecular weight excluding hydrogens is 322 g/mol. The third-order valence-corrected chi connectivity index (χ3v) is 4.13. The molecule has 2 N–H and O–H groups in total. The Morgan fingerprint density at radius 1 is 1.18 bits per heavy atom. The fourth-order valence-corrected chi connectivity index (χ4v) is 2.63. The maximum absolute atomic E-state index is 12.0. The van der Waals surface area contributed by atoms with Crippen LogP contribution in [0.15, 0.2) is 47.4 Å². The van der Waals surface area contributed by atoms with Crippen LogP contribution < -0.4 is 5.32 Å². The van der Waals surface area contributed by atoms with Crippen LogP contribution in [0.5, 0.6) is 0 Å². The van der Waals surface area contributed by atoms with E-state index in [2.05, 4.69) is 5.32 Å². The zero-order chi connectivity index (χ0) is 16.1. The number of nitrogens with one attached hydrogen (secondary N) is 1. The number of rotatable bonds is 5. The molecule has 6 heteroatoms. The summed E-state index contributed by atoms with van der Waals surface area (Å²) >= 11 is 7.15. The number of carbonyl (C=O) groups is 2. The van der Waals surface area contributed by atoms with E-state index in [0.717, 1.165) is 10.5 Å². The summed E-state index contributed by atoms with van der Waals surface area (Å²) < 4.78 is 0. The summed E-state index contributed by atoms with van der Waals surface area (Å²) in [7, 11) is 0. The second-order valence-corrected chi connectivity index (χ2v) is 6.13. The molecule has 0 aliphatic heterocycles. The quantitative estimate of drug-likeness (QED) is 0.808. The summed E-state index contributed by atoms with van der Waals surface area (Å²) in [5.41, 5.74) is 1.22. The highest BCUT2D eigenvalue weighted by Gasteiger charge is 2.12. The number of carboxylic acid groups (broad SMARTS) is 1. The zero-order valence-electron chi connectivity index (χ0n) is 11.8. The summed E-state index contributed by atoms with van der Waals surface area (Å²) in [6, 6.07) is 12.1. The maximum Gasteiger partial charge on any atom is 0.337 e. The summed E-state index contributed by atoms with van der Waals surface area (Å²) in [6.45, 7) is 1.80. The van der Waals surface area contributed by atoms with Gasteiger partial charge in [-0.2, -0.15) is 0 Å². The lowest BCUT2D eigenvalue weighted by Gasteiger charge is -2.09. The molecule has 0 spiro atoms. The topological polar surface area (TPSA) is 66.4 Å². The second kappa shape index (κ2) is 7.33. The van der Waals surface area contributed by atoms with Crippen molar-refractivity contribution in [2.45, 2.75) is 11.8 Å². The van der Waals surface area contributed by atoms with Gasteiger partial charge in [-0.15, -0.1) is 11.8 Å². The first-order valence-electron chi connectivity index (χ1n) is 6.48. The average molecular weight is 336 g/mol. The number of aromatic carboxylic acids is 1. The molecule has 2 rings (SSSR count). The molecule has 0 aliphatic carbocycles. The van der Waals surface area contributed by atoms with Gasteiger partial charge in [0.05, 0.1) is 17.0 Å². The lowest BCUT2D eigenvalue weighted by molar-refractivity contribution is -0.113. The smallest absolute Gasteiger partial charge is 0.337 e. The summed E-state index contributed by atoms with van der Waals surface area (Å²) in [5, 5.41) is 12.4. The van der Waals surface area contributed by atoms with Crippen LogP contribution >= 0.6 is 23.4 Å². The highest BCUT2D eigenvalue weighted by atomic mass is 35.5. The monoisotopic (exact) mass is 335 g/mol. The lowest BCUT2D eigenvalue weighted by atomic mass is 10.1. The Balaban J connectivity index is 2.00. The minimum absolute atomic E-state index is 0.0878. The SMILES string of the molecule is Cc1ccc(NC(=O)CSc2ccc(Cl)cc2)c(C(=O)O)c1. The number of thioether (sulfide) groups is 1. The van der Waals surface area contributed by atoms with Crippen molar-refractivity contribution in [3.8, 4) is 0 Å². The van der Waals surface area contributed by atoms with E-state index >= 15 is 0 Å². The van der Waals surface area contributed by atoms with E-state index in [-0.39, 0.29) is 17.2 Å². The highest BCUT2D eigenvalue weighted by Crippen LogP contribution is 2.22. The van der Waals surface area contributed by atoms with Crippen molar-refractivity contribution >= 4 is 40.9 Å². The van der Waals surface area contributed by atoms with Crippen LogP contribution in [-0.2, 0) is 4.79 Å². The molecule has 0 atom stereocenters. The summed E-state index contributed by atoms with van der Waals surface area (Å²) in [5.74, 6) is -1.13. The van der Waals surface area contributed by atoms with Crippen molar-refractivity contribution < 1.29 is 14.7 Å². The van der Waals surface area contributed by atoms with E-state index in [1.807, 2.05) is 12.1 Å². The first-order valence-corrected chi connectivity index (χ1v) is 7.84. The molecule has 0 aromatic heterocycles. The van der Waals surface area contributed by atoms with Gasteiger partial charge in [0.25, 0.3) is 0 Å². The van der Waals surface area contributed by atoms with Gasteiger partial charge < -0.3 is 10.4 Å². The number of aryl methyl sites for hydroxylation is 1. The van der Waals surface area contributed by atoms with E-state index in [9.17, 15) is 9.59 Å². The maximum atomic E-state index is 12.0. The van der Waals surface area contributed by atoms with Crippen molar-refractivity contribution in [1.82, 2.24) is 0 Å². The minimum Gasteiger partial charge on any atom is -0.478 e. The van der Waals surface area contributed by atoms with Crippen LogP contribution in [0.4, 0.5) is 5.69 Å². The van der Waals surface area contributed by atoms with Crippen LogP contribution in [0, 0.1) is 6.92 Å². The zero-order valence-corrected chi connectivity index (χ0v) is 13.4. The third-order valence-electron chi connectivity index (χ3n) is 2.86. The highest BCUT2D eigenvalue weighted by molar-refractivity contribution is 8.00. The molecule has 0 saturated heterocycles. The van der Waals surface area contributed by atoms with E-state index in [1.54, 1.807) is 31.2 Å². The van der Waals surface area contributed by atoms with Crippen LogP contribution in [0.25, 0.3) is 0 Å². The second-order valence-electron chi connectivity index (χ2n) is 4.64. The Morgan fingerprint density at radius 3 is 2.50 bits per heavy atom. The first-order chi connectivity index (χ1) is 10.5. The van der Waals surface area contributed by atoms with Crippen molar-refractivity contribution in [1.29, 1.82) is 0 Å². The van der Waals surface area contributed by atoms with Crippen molar-refractivity contribution in [3.63, 3.8) is 0 Å². The van der Waals surface area contributed by atoms with Gasteiger partial charge in [-0.25, -0.2) is 4.79 Å². The Kier molecular flexibility index (Phi) is 5.46. The van der Waals surface area contributed by atoms with Gasteiger partial charge in [0.2, 0.25) is 5.91 Å². The standard InChI is InChI=1S/C16H14ClNO3S/c1-10-2-7-14(13(8-10)16(20)21)18-15(19)9-22-12-5-3-11(17)4-6-12/h2-8H,9H2,1H3,(H,18,19)(H,20,21). The van der Waals surface area contributed by atoms with E-state index < -0.39 is 5.97 Å². The number of benzene rings is 2. The largest absolute Gasteiger partial charge is 0.478 e. The number of hydrogen-bond donors (Lipinski definition) is 2. The van der Waals surface area contributed by atoms with Crippen molar-refractivity contribution in [3.05, 3.63) is 58.6 Å². The van der Waals surface area contributed by atoms with Crippen molar-refractivity contribution in [2.24, 2.45) is 0 Å². The average Bonchev–Trinajstić information content (AvgIpc) is 2.48. The number of carbonyl (C=O) groups excluding carboxylic acids is 1. The normalized spacial score (nSPS) is 10.3. The summed E-state index contributed by atoms with van der Waals surface area (Å²) in [6.07, 6.45) is 0. The third kappa shape index (κ3) is 4.51. The van der Waals surface area contributed by atoms with Gasteiger partial charge in [0, 0.05) is 9.92 Å². The number of halogens is 1. The van der Waals surface area contributed by atoms with E-state index in [0.29, 0.717) is 10.7 Å². The molecule has 4 nitrogen and oxygen atoms in total. The molecule has 114 valence electrons. The van der Waals surface area contributed by atoms with E-state index in [1.165, 1.54) is 17.8 Å². The van der Waals surface area contributed by atoms with Crippen LogP contribution in [0.1, 0.15) is 15.9 Å². The molecule has 0 saturated carbocycles. The molecule has 1 amide bonds. The Hall–Kier alpha value is -1.98. The van der Waals surface area contributed by atoms with Gasteiger partial charge >= 0.3 is 5.97 Å². The van der Waals surface area contributed by atoms with Crippen molar-refractivity contribution in [2.75, 3.05) is 11.1 Å². The molecule has 2 aromatic rings. The molecule has 0 radical (unpaired) electrons. The fourth-order valence-electron chi connectivity index (χ4n) is 1.81. The molecular formula is C16H14ClNO3S. The molecule has 0 unspecified atom stereocenters. The molecule has 0 bridgehead atoms. The van der Waals surface area contributed by atoms with Gasteiger partial charge in [0.1, 0.15) is 0 Å². The van der Waals surface area contributed by atoms with Crippen LogP contribution in [-0.4, -0.2) is 22.7 Å². The molecule has 2 aromatic carbocycles. The minimum atomic E-state index is -1.07. The molecule has 0 aliphatic rings. The predicted molar refractivity (Wildman–Crippen MR) is 88.9 cm³/mol. The Morgan fingerprint density at radius 2 is 1.86 bits per heavy atom.